The predicted octanol–water partition coefficient (Wildman–Crippen LogP) is 3.97. The number of hydrogen-bond donors (Lipinski definition) is 3. The second-order valence-electron chi connectivity index (χ2n) is 6.69. The molecule has 0 aromatic heterocycles. The van der Waals surface area contributed by atoms with Crippen molar-refractivity contribution >= 4 is 17.3 Å². The SMILES string of the molecule is C=CC(=C)C(CNC(=S)NCCCNCCCC)[C@H]1C=CC=CC1C. The van der Waals surface area contributed by atoms with Crippen LogP contribution in [0.4, 0.5) is 0 Å². The van der Waals surface area contributed by atoms with Gasteiger partial charge >= 0.3 is 0 Å². The zero-order chi connectivity index (χ0) is 18.5. The topological polar surface area (TPSA) is 36.1 Å². The van der Waals surface area contributed by atoms with Crippen LogP contribution >= 0.6 is 12.2 Å². The summed E-state index contributed by atoms with van der Waals surface area (Å²) in [6, 6.07) is 0. The highest BCUT2D eigenvalue weighted by Gasteiger charge is 2.25. The highest BCUT2D eigenvalue weighted by molar-refractivity contribution is 7.80. The van der Waals surface area contributed by atoms with E-state index in [0.29, 0.717) is 17.8 Å². The summed E-state index contributed by atoms with van der Waals surface area (Å²) >= 11 is 5.42. The van der Waals surface area contributed by atoms with Crippen LogP contribution in [-0.2, 0) is 0 Å². The van der Waals surface area contributed by atoms with E-state index in [0.717, 1.165) is 43.3 Å². The molecule has 4 heteroatoms. The van der Waals surface area contributed by atoms with Crippen molar-refractivity contribution in [3.05, 3.63) is 49.1 Å². The lowest BCUT2D eigenvalue weighted by molar-refractivity contribution is 0.376. The van der Waals surface area contributed by atoms with Crippen LogP contribution in [0, 0.1) is 17.8 Å². The van der Waals surface area contributed by atoms with Crippen molar-refractivity contribution in [3.63, 3.8) is 0 Å². The normalized spacial score (nSPS) is 20.1. The van der Waals surface area contributed by atoms with E-state index >= 15 is 0 Å². The lowest BCUT2D eigenvalue weighted by Crippen LogP contribution is -2.41. The van der Waals surface area contributed by atoms with Gasteiger partial charge in [0, 0.05) is 19.0 Å². The van der Waals surface area contributed by atoms with E-state index in [4.69, 9.17) is 12.2 Å². The Morgan fingerprint density at radius 3 is 2.56 bits per heavy atom. The maximum Gasteiger partial charge on any atom is 0.166 e. The Kier molecular flexibility index (Phi) is 11.2. The van der Waals surface area contributed by atoms with E-state index in [1.165, 1.54) is 12.8 Å². The molecule has 3 nitrogen and oxygen atoms in total. The first kappa shape index (κ1) is 21.7. The molecule has 0 spiro atoms. The fourth-order valence-electron chi connectivity index (χ4n) is 3.01. The quantitative estimate of drug-likeness (QED) is 0.279. The second-order valence-corrected chi connectivity index (χ2v) is 7.09. The molecule has 0 amide bonds. The van der Waals surface area contributed by atoms with Crippen LogP contribution in [0.25, 0.3) is 0 Å². The average Bonchev–Trinajstić information content (AvgIpc) is 2.62. The lowest BCUT2D eigenvalue weighted by atomic mass is 9.76. The minimum atomic E-state index is 0.296. The molecule has 0 heterocycles. The number of thiocarbonyl (C=S) groups is 1. The molecule has 0 saturated heterocycles. The van der Waals surface area contributed by atoms with Gasteiger partial charge in [-0.05, 0) is 50.0 Å². The third-order valence-corrected chi connectivity index (χ3v) is 4.96. The molecule has 0 aliphatic heterocycles. The number of allylic oxidation sites excluding steroid dienone is 5. The van der Waals surface area contributed by atoms with Crippen LogP contribution in [-0.4, -0.2) is 31.3 Å². The fraction of sp³-hybridized carbons (Fsp3) is 0.571. The van der Waals surface area contributed by atoms with Crippen LogP contribution in [0.1, 0.15) is 33.1 Å². The lowest BCUT2D eigenvalue weighted by Gasteiger charge is -2.31. The van der Waals surface area contributed by atoms with Gasteiger partial charge in [0.05, 0.1) is 0 Å². The molecule has 0 aromatic carbocycles. The predicted molar refractivity (Wildman–Crippen MR) is 115 cm³/mol. The number of hydrogen-bond acceptors (Lipinski definition) is 2. The van der Waals surface area contributed by atoms with E-state index < -0.39 is 0 Å². The van der Waals surface area contributed by atoms with Gasteiger partial charge in [-0.25, -0.2) is 0 Å². The molecule has 3 N–H and O–H groups in total. The van der Waals surface area contributed by atoms with Gasteiger partial charge < -0.3 is 16.0 Å². The van der Waals surface area contributed by atoms with Crippen molar-refractivity contribution < 1.29 is 0 Å². The molecule has 0 fully saturated rings. The summed E-state index contributed by atoms with van der Waals surface area (Å²) in [4.78, 5) is 0. The van der Waals surface area contributed by atoms with Crippen molar-refractivity contribution in [2.45, 2.75) is 33.1 Å². The summed E-state index contributed by atoms with van der Waals surface area (Å²) < 4.78 is 0. The van der Waals surface area contributed by atoms with Crippen molar-refractivity contribution in [2.24, 2.45) is 17.8 Å². The fourth-order valence-corrected chi connectivity index (χ4v) is 3.19. The molecule has 2 unspecified atom stereocenters. The first-order chi connectivity index (χ1) is 12.1. The van der Waals surface area contributed by atoms with E-state index in [1.807, 2.05) is 6.08 Å². The Morgan fingerprint density at radius 2 is 1.88 bits per heavy atom. The molecule has 1 rings (SSSR count). The Bertz CT molecular complexity index is 482. The van der Waals surface area contributed by atoms with Gasteiger partial charge in [-0.1, -0.05) is 69.4 Å². The largest absolute Gasteiger partial charge is 0.363 e. The Morgan fingerprint density at radius 1 is 1.16 bits per heavy atom. The standard InChI is InChI=1S/C21H35N3S/c1-5-7-13-22-14-10-15-23-21(25)24-16-20(17(3)6-2)19-12-9-8-11-18(19)4/h6,8-9,11-12,18-20,22H,2-3,5,7,10,13-16H2,1,4H3,(H2,23,24,25)/t18?,19-,20?/m0/s1. The number of nitrogens with one attached hydrogen (secondary N) is 3. The summed E-state index contributed by atoms with van der Waals surface area (Å²) in [6.45, 7) is 16.3. The average molecular weight is 362 g/mol. The zero-order valence-corrected chi connectivity index (χ0v) is 16.7. The summed E-state index contributed by atoms with van der Waals surface area (Å²) in [7, 11) is 0. The highest BCUT2D eigenvalue weighted by atomic mass is 32.1. The Balaban J connectivity index is 2.32. The molecule has 25 heavy (non-hydrogen) atoms. The van der Waals surface area contributed by atoms with Crippen molar-refractivity contribution in [1.82, 2.24) is 16.0 Å². The van der Waals surface area contributed by atoms with E-state index in [1.54, 1.807) is 0 Å². The molecular formula is C21H35N3S. The second kappa shape index (κ2) is 12.9. The van der Waals surface area contributed by atoms with Crippen molar-refractivity contribution in [3.8, 4) is 0 Å². The molecule has 0 bridgehead atoms. The Labute approximate surface area is 159 Å². The summed E-state index contributed by atoms with van der Waals surface area (Å²) in [6.07, 6.45) is 14.2. The first-order valence-electron chi connectivity index (χ1n) is 9.48. The van der Waals surface area contributed by atoms with Crippen LogP contribution < -0.4 is 16.0 Å². The molecule has 0 saturated carbocycles. The minimum absolute atomic E-state index is 0.296. The van der Waals surface area contributed by atoms with Crippen LogP contribution in [0.15, 0.2) is 49.1 Å². The third-order valence-electron chi connectivity index (χ3n) is 4.67. The van der Waals surface area contributed by atoms with E-state index in [-0.39, 0.29) is 0 Å². The smallest absolute Gasteiger partial charge is 0.166 e. The van der Waals surface area contributed by atoms with Gasteiger partial charge in [-0.2, -0.15) is 0 Å². The summed E-state index contributed by atoms with van der Waals surface area (Å²) in [5.41, 5.74) is 1.06. The third kappa shape index (κ3) is 8.50. The molecule has 1 aliphatic carbocycles. The molecule has 1 aliphatic rings. The van der Waals surface area contributed by atoms with Gasteiger partial charge in [0.1, 0.15) is 0 Å². The van der Waals surface area contributed by atoms with Crippen LogP contribution in [0.2, 0.25) is 0 Å². The maximum absolute atomic E-state index is 5.42. The first-order valence-corrected chi connectivity index (χ1v) is 9.89. The summed E-state index contributed by atoms with van der Waals surface area (Å²) in [5, 5.41) is 10.8. The molecular weight excluding hydrogens is 326 g/mol. The molecule has 3 atom stereocenters. The van der Waals surface area contributed by atoms with Crippen LogP contribution in [0.5, 0.6) is 0 Å². The van der Waals surface area contributed by atoms with Gasteiger partial charge in [0.25, 0.3) is 0 Å². The Hall–Kier alpha value is -1.39. The number of unbranched alkanes of at least 4 members (excludes halogenated alkanes) is 1. The van der Waals surface area contributed by atoms with Gasteiger partial charge in [-0.15, -0.1) is 0 Å². The molecule has 140 valence electrons. The van der Waals surface area contributed by atoms with Crippen LogP contribution in [0.3, 0.4) is 0 Å². The molecule has 0 radical (unpaired) electrons. The monoisotopic (exact) mass is 361 g/mol. The van der Waals surface area contributed by atoms with Crippen molar-refractivity contribution in [2.75, 3.05) is 26.2 Å². The van der Waals surface area contributed by atoms with E-state index in [2.05, 4.69) is 67.3 Å². The zero-order valence-electron chi connectivity index (χ0n) is 15.9. The maximum atomic E-state index is 5.42. The number of rotatable bonds is 12. The van der Waals surface area contributed by atoms with Gasteiger partial charge in [-0.3, -0.25) is 0 Å². The van der Waals surface area contributed by atoms with Gasteiger partial charge in [0.15, 0.2) is 5.11 Å². The molecule has 0 aromatic rings. The van der Waals surface area contributed by atoms with Gasteiger partial charge in [0.2, 0.25) is 0 Å². The van der Waals surface area contributed by atoms with E-state index in [9.17, 15) is 0 Å². The summed E-state index contributed by atoms with van der Waals surface area (Å²) in [5.74, 6) is 1.21. The highest BCUT2D eigenvalue weighted by Crippen LogP contribution is 2.31. The minimum Gasteiger partial charge on any atom is -0.363 e. The van der Waals surface area contributed by atoms with Crippen molar-refractivity contribution in [1.29, 1.82) is 0 Å².